The molecule has 126 valence electrons. The first-order chi connectivity index (χ1) is 11.3. The van der Waals surface area contributed by atoms with E-state index in [4.69, 9.17) is 9.73 Å². The zero-order valence-electron chi connectivity index (χ0n) is 14.3. The first kappa shape index (κ1) is 16.3. The highest BCUT2D eigenvalue weighted by Gasteiger charge is 2.22. The summed E-state index contributed by atoms with van der Waals surface area (Å²) in [7, 11) is 0. The van der Waals surface area contributed by atoms with Gasteiger partial charge >= 0.3 is 0 Å². The van der Waals surface area contributed by atoms with Crippen molar-refractivity contribution in [3.05, 3.63) is 29.8 Å². The Hall–Kier alpha value is -1.59. The fraction of sp³-hybridized carbons (Fsp3) is 0.611. The molecule has 3 rings (SSSR count). The average molecular weight is 316 g/mol. The Morgan fingerprint density at radius 1 is 1.35 bits per heavy atom. The number of anilines is 1. The van der Waals surface area contributed by atoms with Gasteiger partial charge in [-0.25, -0.2) is 0 Å². The lowest BCUT2D eigenvalue weighted by Gasteiger charge is -2.32. The van der Waals surface area contributed by atoms with E-state index in [0.717, 1.165) is 58.3 Å². The van der Waals surface area contributed by atoms with E-state index in [9.17, 15) is 0 Å². The number of fused-ring (bicyclic) bond motifs is 1. The lowest BCUT2D eigenvalue weighted by molar-refractivity contribution is 0.00141. The molecule has 5 heteroatoms. The van der Waals surface area contributed by atoms with Crippen molar-refractivity contribution < 1.29 is 4.74 Å². The van der Waals surface area contributed by atoms with Crippen molar-refractivity contribution in [3.8, 4) is 0 Å². The van der Waals surface area contributed by atoms with Crippen molar-refractivity contribution in [2.75, 3.05) is 50.8 Å². The summed E-state index contributed by atoms with van der Waals surface area (Å²) < 4.78 is 5.50. The molecule has 0 aliphatic carbocycles. The van der Waals surface area contributed by atoms with Gasteiger partial charge in [0.2, 0.25) is 0 Å². The summed E-state index contributed by atoms with van der Waals surface area (Å²) in [5.74, 6) is 1.01. The van der Waals surface area contributed by atoms with Crippen LogP contribution in [0, 0.1) is 0 Å². The van der Waals surface area contributed by atoms with Crippen molar-refractivity contribution in [1.29, 1.82) is 0 Å². The highest BCUT2D eigenvalue weighted by Crippen LogP contribution is 2.27. The van der Waals surface area contributed by atoms with Crippen LogP contribution in [0.3, 0.4) is 0 Å². The Morgan fingerprint density at radius 3 is 3.04 bits per heavy atom. The molecular weight excluding hydrogens is 288 g/mol. The van der Waals surface area contributed by atoms with Crippen LogP contribution in [0.15, 0.2) is 29.3 Å². The molecule has 0 saturated carbocycles. The molecule has 5 nitrogen and oxygen atoms in total. The summed E-state index contributed by atoms with van der Waals surface area (Å²) >= 11 is 0. The molecule has 1 atom stereocenters. The standard InChI is InChI=1S/C18H28N4O/c1-3-19-18(20-9-11-21-12-13-23-14-15(21)2)22-10-8-16-6-4-5-7-17(16)22/h4-7,15H,3,8-14H2,1-2H3,(H,19,20). The maximum Gasteiger partial charge on any atom is 0.198 e. The van der Waals surface area contributed by atoms with Gasteiger partial charge in [0.25, 0.3) is 0 Å². The van der Waals surface area contributed by atoms with Crippen molar-refractivity contribution >= 4 is 11.6 Å². The molecule has 1 fully saturated rings. The molecule has 2 aliphatic rings. The predicted molar refractivity (Wildman–Crippen MR) is 95.3 cm³/mol. The quantitative estimate of drug-likeness (QED) is 0.678. The molecule has 1 N–H and O–H groups in total. The van der Waals surface area contributed by atoms with Crippen LogP contribution in [0.2, 0.25) is 0 Å². The summed E-state index contributed by atoms with van der Waals surface area (Å²) in [4.78, 5) is 9.66. The highest BCUT2D eigenvalue weighted by atomic mass is 16.5. The SMILES string of the molecule is CCNC(=NCCN1CCOCC1C)N1CCc2ccccc21. The number of ether oxygens (including phenoxy) is 1. The third-order valence-corrected chi connectivity index (χ3v) is 4.63. The van der Waals surface area contributed by atoms with E-state index in [0.29, 0.717) is 6.04 Å². The van der Waals surface area contributed by atoms with E-state index in [1.165, 1.54) is 11.3 Å². The lowest BCUT2D eigenvalue weighted by Crippen LogP contribution is -2.45. The minimum atomic E-state index is 0.494. The van der Waals surface area contributed by atoms with Gasteiger partial charge in [0.15, 0.2) is 5.96 Å². The molecule has 0 aromatic heterocycles. The number of aliphatic imine (C=N–C) groups is 1. The summed E-state index contributed by atoms with van der Waals surface area (Å²) in [5, 5.41) is 3.45. The van der Waals surface area contributed by atoms with Crippen molar-refractivity contribution in [3.63, 3.8) is 0 Å². The zero-order chi connectivity index (χ0) is 16.1. The largest absolute Gasteiger partial charge is 0.379 e. The maximum absolute atomic E-state index is 5.50. The molecular formula is C18H28N4O. The van der Waals surface area contributed by atoms with Gasteiger partial charge in [-0.1, -0.05) is 18.2 Å². The van der Waals surface area contributed by atoms with Crippen molar-refractivity contribution in [2.45, 2.75) is 26.3 Å². The predicted octanol–water partition coefficient (Wildman–Crippen LogP) is 1.74. The van der Waals surface area contributed by atoms with Crippen LogP contribution >= 0.6 is 0 Å². The first-order valence-corrected chi connectivity index (χ1v) is 8.75. The molecule has 0 radical (unpaired) electrons. The Balaban J connectivity index is 1.64. The van der Waals surface area contributed by atoms with Gasteiger partial charge in [0, 0.05) is 37.9 Å². The number of para-hydroxylation sites is 1. The van der Waals surface area contributed by atoms with Gasteiger partial charge in [-0.15, -0.1) is 0 Å². The molecule has 1 saturated heterocycles. The van der Waals surface area contributed by atoms with Gasteiger partial charge in [-0.3, -0.25) is 9.89 Å². The summed E-state index contributed by atoms with van der Waals surface area (Å²) in [6.45, 7) is 10.8. The van der Waals surface area contributed by atoms with Gasteiger partial charge in [-0.05, 0) is 31.9 Å². The van der Waals surface area contributed by atoms with E-state index in [1.54, 1.807) is 0 Å². The second-order valence-corrected chi connectivity index (χ2v) is 6.23. The van der Waals surface area contributed by atoms with Crippen LogP contribution in [0.5, 0.6) is 0 Å². The van der Waals surface area contributed by atoms with Crippen LogP contribution in [0.25, 0.3) is 0 Å². The number of hydrogen-bond acceptors (Lipinski definition) is 3. The maximum atomic E-state index is 5.50. The third-order valence-electron chi connectivity index (χ3n) is 4.63. The Morgan fingerprint density at radius 2 is 2.22 bits per heavy atom. The summed E-state index contributed by atoms with van der Waals surface area (Å²) in [5.41, 5.74) is 2.71. The first-order valence-electron chi connectivity index (χ1n) is 8.75. The molecule has 2 aliphatic heterocycles. The van der Waals surface area contributed by atoms with Gasteiger partial charge in [-0.2, -0.15) is 0 Å². The number of morpholine rings is 1. The Kier molecular flexibility index (Phi) is 5.51. The number of hydrogen-bond donors (Lipinski definition) is 1. The Bertz CT molecular complexity index is 546. The van der Waals surface area contributed by atoms with Crippen molar-refractivity contribution in [2.24, 2.45) is 4.99 Å². The van der Waals surface area contributed by atoms with E-state index in [2.05, 4.69) is 53.2 Å². The van der Waals surface area contributed by atoms with Gasteiger partial charge < -0.3 is 15.0 Å². The number of nitrogens with zero attached hydrogens (tertiary/aromatic N) is 3. The van der Waals surface area contributed by atoms with Crippen LogP contribution in [-0.2, 0) is 11.2 Å². The third kappa shape index (κ3) is 3.85. The van der Waals surface area contributed by atoms with Crippen LogP contribution in [0.1, 0.15) is 19.4 Å². The molecule has 1 aromatic carbocycles. The average Bonchev–Trinajstić information content (AvgIpc) is 3.00. The Labute approximate surface area is 139 Å². The minimum absolute atomic E-state index is 0.494. The monoisotopic (exact) mass is 316 g/mol. The van der Waals surface area contributed by atoms with Crippen LogP contribution < -0.4 is 10.2 Å². The van der Waals surface area contributed by atoms with Crippen molar-refractivity contribution in [1.82, 2.24) is 10.2 Å². The molecule has 0 bridgehead atoms. The smallest absolute Gasteiger partial charge is 0.198 e. The normalized spacial score (nSPS) is 22.3. The van der Waals surface area contributed by atoms with Gasteiger partial charge in [0.05, 0.1) is 19.8 Å². The second-order valence-electron chi connectivity index (χ2n) is 6.23. The fourth-order valence-electron chi connectivity index (χ4n) is 3.33. The number of rotatable bonds is 4. The summed E-state index contributed by atoms with van der Waals surface area (Å²) in [6.07, 6.45) is 1.10. The molecule has 2 heterocycles. The number of benzene rings is 1. The number of nitrogens with one attached hydrogen (secondary N) is 1. The molecule has 0 amide bonds. The number of guanidine groups is 1. The van der Waals surface area contributed by atoms with E-state index < -0.39 is 0 Å². The van der Waals surface area contributed by atoms with Gasteiger partial charge in [0.1, 0.15) is 0 Å². The summed E-state index contributed by atoms with van der Waals surface area (Å²) in [6, 6.07) is 9.13. The molecule has 1 unspecified atom stereocenters. The fourth-order valence-corrected chi connectivity index (χ4v) is 3.33. The minimum Gasteiger partial charge on any atom is -0.379 e. The highest BCUT2D eigenvalue weighted by molar-refractivity contribution is 5.97. The molecule has 0 spiro atoms. The second kappa shape index (κ2) is 7.79. The lowest BCUT2D eigenvalue weighted by atomic mass is 10.2. The van der Waals surface area contributed by atoms with Crippen LogP contribution in [0.4, 0.5) is 5.69 Å². The van der Waals surface area contributed by atoms with Crippen LogP contribution in [-0.4, -0.2) is 62.8 Å². The van der Waals surface area contributed by atoms with E-state index in [-0.39, 0.29) is 0 Å². The van der Waals surface area contributed by atoms with E-state index >= 15 is 0 Å². The zero-order valence-corrected chi connectivity index (χ0v) is 14.3. The molecule has 23 heavy (non-hydrogen) atoms. The topological polar surface area (TPSA) is 40.1 Å². The molecule has 1 aromatic rings. The van der Waals surface area contributed by atoms with E-state index in [1.807, 2.05) is 0 Å².